The highest BCUT2D eigenvalue weighted by atomic mass is 16.2. The molecule has 1 amide bonds. The molecule has 1 heterocycles. The highest BCUT2D eigenvalue weighted by Crippen LogP contribution is 2.01. The summed E-state index contributed by atoms with van der Waals surface area (Å²) < 4.78 is 0. The molecule has 1 aliphatic heterocycles. The van der Waals surface area contributed by atoms with Crippen LogP contribution >= 0.6 is 0 Å². The van der Waals surface area contributed by atoms with Crippen molar-refractivity contribution in [1.29, 1.82) is 0 Å². The van der Waals surface area contributed by atoms with E-state index in [4.69, 9.17) is 0 Å². The van der Waals surface area contributed by atoms with E-state index in [1.165, 1.54) is 0 Å². The normalized spacial score (nSPS) is 16.5. The van der Waals surface area contributed by atoms with Crippen molar-refractivity contribution in [1.82, 2.24) is 10.2 Å². The Balaban J connectivity index is 0.000000671. The number of nitrogens with one attached hydrogen (secondary N) is 1. The smallest absolute Gasteiger partial charge is 0.225 e. The third-order valence-corrected chi connectivity index (χ3v) is 1.92. The second-order valence-corrected chi connectivity index (χ2v) is 3.23. The Labute approximate surface area is 81.5 Å². The molecular formula is C10H22N2O. The van der Waals surface area contributed by atoms with Gasteiger partial charge in [0.2, 0.25) is 5.91 Å². The molecule has 3 nitrogen and oxygen atoms in total. The Morgan fingerprint density at radius 3 is 2.08 bits per heavy atom. The van der Waals surface area contributed by atoms with Crippen molar-refractivity contribution in [2.75, 3.05) is 26.2 Å². The topological polar surface area (TPSA) is 32.3 Å². The molecule has 0 aromatic rings. The van der Waals surface area contributed by atoms with Gasteiger partial charge in [-0.3, -0.25) is 4.79 Å². The summed E-state index contributed by atoms with van der Waals surface area (Å²) in [5, 5.41) is 3.21. The quantitative estimate of drug-likeness (QED) is 0.665. The lowest BCUT2D eigenvalue weighted by Crippen LogP contribution is -2.47. The first-order chi connectivity index (χ1) is 6.22. The molecule has 1 aliphatic rings. The first-order valence-corrected chi connectivity index (χ1v) is 5.21. The zero-order valence-corrected chi connectivity index (χ0v) is 9.26. The number of amides is 1. The van der Waals surface area contributed by atoms with Gasteiger partial charge < -0.3 is 10.2 Å². The maximum absolute atomic E-state index is 11.4. The predicted octanol–water partition coefficient (Wildman–Crippen LogP) is 1.10. The van der Waals surface area contributed by atoms with Crippen molar-refractivity contribution in [3.8, 4) is 0 Å². The first kappa shape index (κ1) is 12.4. The van der Waals surface area contributed by atoms with Gasteiger partial charge in [-0.2, -0.15) is 0 Å². The molecule has 1 saturated heterocycles. The second-order valence-electron chi connectivity index (χ2n) is 3.23. The first-order valence-electron chi connectivity index (χ1n) is 5.21. The molecule has 0 aromatic carbocycles. The van der Waals surface area contributed by atoms with Crippen molar-refractivity contribution >= 4 is 5.91 Å². The van der Waals surface area contributed by atoms with Gasteiger partial charge in [-0.25, -0.2) is 0 Å². The number of carbonyl (C=O) groups is 1. The van der Waals surface area contributed by atoms with Gasteiger partial charge in [-0.15, -0.1) is 0 Å². The van der Waals surface area contributed by atoms with E-state index in [0.717, 1.165) is 26.2 Å². The number of piperazine rings is 1. The van der Waals surface area contributed by atoms with Crippen molar-refractivity contribution in [2.24, 2.45) is 5.92 Å². The van der Waals surface area contributed by atoms with E-state index in [0.29, 0.717) is 0 Å². The Morgan fingerprint density at radius 1 is 1.23 bits per heavy atom. The van der Waals surface area contributed by atoms with Gasteiger partial charge >= 0.3 is 0 Å². The zero-order chi connectivity index (χ0) is 10.3. The van der Waals surface area contributed by atoms with Crippen LogP contribution in [-0.4, -0.2) is 37.0 Å². The van der Waals surface area contributed by atoms with Gasteiger partial charge in [0.25, 0.3) is 0 Å². The molecule has 1 fully saturated rings. The molecule has 0 spiro atoms. The fourth-order valence-electron chi connectivity index (χ4n) is 1.25. The van der Waals surface area contributed by atoms with Crippen LogP contribution in [0.15, 0.2) is 0 Å². The van der Waals surface area contributed by atoms with E-state index in [1.807, 2.05) is 32.6 Å². The third-order valence-electron chi connectivity index (χ3n) is 1.92. The third kappa shape index (κ3) is 4.27. The number of nitrogens with zero attached hydrogens (tertiary/aromatic N) is 1. The zero-order valence-electron chi connectivity index (χ0n) is 9.26. The Kier molecular flexibility index (Phi) is 6.59. The summed E-state index contributed by atoms with van der Waals surface area (Å²) in [6.07, 6.45) is 0. The average Bonchev–Trinajstić information content (AvgIpc) is 2.21. The minimum atomic E-state index is 0.146. The Morgan fingerprint density at radius 2 is 1.69 bits per heavy atom. The molecule has 0 saturated carbocycles. The van der Waals surface area contributed by atoms with E-state index in [2.05, 4.69) is 5.32 Å². The fourth-order valence-corrected chi connectivity index (χ4v) is 1.25. The van der Waals surface area contributed by atoms with Crippen LogP contribution in [0.5, 0.6) is 0 Å². The minimum Gasteiger partial charge on any atom is -0.340 e. The van der Waals surface area contributed by atoms with E-state index in [9.17, 15) is 4.79 Å². The monoisotopic (exact) mass is 186 g/mol. The molecule has 0 aliphatic carbocycles. The lowest BCUT2D eigenvalue weighted by atomic mass is 10.2. The largest absolute Gasteiger partial charge is 0.340 e. The van der Waals surface area contributed by atoms with Crippen LogP contribution in [0.1, 0.15) is 27.7 Å². The number of carbonyl (C=O) groups excluding carboxylic acids is 1. The van der Waals surface area contributed by atoms with E-state index < -0.39 is 0 Å². The van der Waals surface area contributed by atoms with Crippen LogP contribution in [0.4, 0.5) is 0 Å². The van der Waals surface area contributed by atoms with Crippen LogP contribution < -0.4 is 5.32 Å². The highest BCUT2D eigenvalue weighted by Gasteiger charge is 2.17. The summed E-state index contributed by atoms with van der Waals surface area (Å²) in [5.41, 5.74) is 0. The average molecular weight is 186 g/mol. The minimum absolute atomic E-state index is 0.146. The van der Waals surface area contributed by atoms with Crippen LogP contribution in [0.3, 0.4) is 0 Å². The molecule has 0 bridgehead atoms. The van der Waals surface area contributed by atoms with Gasteiger partial charge in [0.05, 0.1) is 0 Å². The van der Waals surface area contributed by atoms with Crippen molar-refractivity contribution < 1.29 is 4.79 Å². The number of rotatable bonds is 1. The SMILES string of the molecule is CC.CC(C)C(=O)N1CCNCC1. The second kappa shape index (κ2) is 6.89. The predicted molar refractivity (Wildman–Crippen MR) is 55.6 cm³/mol. The molecular weight excluding hydrogens is 164 g/mol. The number of hydrogen-bond donors (Lipinski definition) is 1. The van der Waals surface area contributed by atoms with Crippen molar-refractivity contribution in [3.63, 3.8) is 0 Å². The molecule has 1 N–H and O–H groups in total. The van der Waals surface area contributed by atoms with Gasteiger partial charge in [-0.05, 0) is 0 Å². The lowest BCUT2D eigenvalue weighted by molar-refractivity contribution is -0.134. The summed E-state index contributed by atoms with van der Waals surface area (Å²) >= 11 is 0. The molecule has 1 rings (SSSR count). The van der Waals surface area contributed by atoms with Gasteiger partial charge in [-0.1, -0.05) is 27.7 Å². The standard InChI is InChI=1S/C8H16N2O.C2H6/c1-7(2)8(11)10-5-3-9-4-6-10;1-2/h7,9H,3-6H2,1-2H3;1-2H3. The van der Waals surface area contributed by atoms with Gasteiger partial charge in [0.1, 0.15) is 0 Å². The maximum atomic E-state index is 11.4. The molecule has 0 radical (unpaired) electrons. The van der Waals surface area contributed by atoms with E-state index in [-0.39, 0.29) is 11.8 Å². The molecule has 0 unspecified atom stereocenters. The van der Waals surface area contributed by atoms with Crippen molar-refractivity contribution in [2.45, 2.75) is 27.7 Å². The molecule has 0 aromatic heterocycles. The molecule has 0 atom stereocenters. The van der Waals surface area contributed by atoms with Crippen LogP contribution in [0.25, 0.3) is 0 Å². The summed E-state index contributed by atoms with van der Waals surface area (Å²) in [4.78, 5) is 13.3. The molecule has 78 valence electrons. The van der Waals surface area contributed by atoms with Crippen LogP contribution in [0.2, 0.25) is 0 Å². The lowest BCUT2D eigenvalue weighted by Gasteiger charge is -2.28. The summed E-state index contributed by atoms with van der Waals surface area (Å²) in [5.74, 6) is 0.430. The van der Waals surface area contributed by atoms with Crippen LogP contribution in [-0.2, 0) is 4.79 Å². The van der Waals surface area contributed by atoms with Crippen molar-refractivity contribution in [3.05, 3.63) is 0 Å². The highest BCUT2D eigenvalue weighted by molar-refractivity contribution is 5.78. The van der Waals surface area contributed by atoms with Crippen LogP contribution in [0, 0.1) is 5.92 Å². The maximum Gasteiger partial charge on any atom is 0.225 e. The number of hydrogen-bond acceptors (Lipinski definition) is 2. The summed E-state index contributed by atoms with van der Waals surface area (Å²) in [6.45, 7) is 11.5. The van der Waals surface area contributed by atoms with E-state index >= 15 is 0 Å². The molecule has 13 heavy (non-hydrogen) atoms. The summed E-state index contributed by atoms with van der Waals surface area (Å²) in [6, 6.07) is 0. The fraction of sp³-hybridized carbons (Fsp3) is 0.900. The van der Waals surface area contributed by atoms with E-state index in [1.54, 1.807) is 0 Å². The molecule has 3 heteroatoms. The Hall–Kier alpha value is -0.570. The van der Waals surface area contributed by atoms with Gasteiger partial charge in [0.15, 0.2) is 0 Å². The van der Waals surface area contributed by atoms with Gasteiger partial charge in [0, 0.05) is 32.1 Å². The summed E-state index contributed by atoms with van der Waals surface area (Å²) in [7, 11) is 0. The Bertz CT molecular complexity index is 140.